The molecule has 0 radical (unpaired) electrons. The number of benzene rings is 2. The fraction of sp³-hybridized carbons (Fsp3) is 0.238. The topological polar surface area (TPSA) is 131 Å². The highest BCUT2D eigenvalue weighted by molar-refractivity contribution is 5.80. The van der Waals surface area contributed by atoms with Crippen LogP contribution in [0.25, 0.3) is 0 Å². The molecule has 2 aromatic carbocycles. The minimum absolute atomic E-state index is 0.0227. The molecule has 0 aliphatic carbocycles. The van der Waals surface area contributed by atoms with E-state index in [4.69, 9.17) is 4.74 Å². The third kappa shape index (κ3) is 5.52. The molecule has 1 fully saturated rings. The number of rotatable bonds is 7. The first-order valence-corrected chi connectivity index (χ1v) is 10.0. The first-order valence-electron chi connectivity index (χ1n) is 10.0. The van der Waals surface area contributed by atoms with Crippen LogP contribution in [0.3, 0.4) is 0 Å². The van der Waals surface area contributed by atoms with Crippen molar-refractivity contribution in [2.45, 2.75) is 6.92 Å². The monoisotopic (exact) mass is 434 g/mol. The normalized spacial score (nSPS) is 13.8. The van der Waals surface area contributed by atoms with Gasteiger partial charge in [0, 0.05) is 30.9 Å². The van der Waals surface area contributed by atoms with E-state index in [0.717, 1.165) is 11.3 Å². The van der Waals surface area contributed by atoms with Crippen LogP contribution < -0.4 is 15.6 Å². The number of nitrogens with one attached hydrogen (secondary N) is 2. The molecule has 32 heavy (non-hydrogen) atoms. The molecule has 4 rings (SSSR count). The van der Waals surface area contributed by atoms with Crippen LogP contribution in [-0.4, -0.2) is 52.4 Å². The first-order chi connectivity index (χ1) is 15.6. The summed E-state index contributed by atoms with van der Waals surface area (Å²) in [6.07, 6.45) is 1.54. The quantitative estimate of drug-likeness (QED) is 0.327. The van der Waals surface area contributed by atoms with Crippen molar-refractivity contribution in [3.63, 3.8) is 0 Å². The molecule has 164 valence electrons. The zero-order valence-corrected chi connectivity index (χ0v) is 17.4. The summed E-state index contributed by atoms with van der Waals surface area (Å²) in [5.41, 5.74) is 5.55. The Morgan fingerprint density at radius 1 is 1.03 bits per heavy atom. The molecule has 1 saturated heterocycles. The Balaban J connectivity index is 1.53. The number of aryl methyl sites for hydroxylation is 1. The van der Waals surface area contributed by atoms with E-state index in [1.807, 2.05) is 36.1 Å². The van der Waals surface area contributed by atoms with Crippen LogP contribution in [0.15, 0.2) is 53.6 Å². The number of aromatic nitrogens is 3. The van der Waals surface area contributed by atoms with Gasteiger partial charge in [0.15, 0.2) is 0 Å². The molecule has 1 aliphatic rings. The number of anilines is 4. The Kier molecular flexibility index (Phi) is 6.46. The lowest BCUT2D eigenvalue weighted by molar-refractivity contribution is -0.384. The van der Waals surface area contributed by atoms with Gasteiger partial charge in [0.2, 0.25) is 17.8 Å². The molecule has 11 heteroatoms. The molecular weight excluding hydrogens is 412 g/mol. The highest BCUT2D eigenvalue weighted by Crippen LogP contribution is 2.19. The van der Waals surface area contributed by atoms with E-state index in [1.165, 1.54) is 18.3 Å². The highest BCUT2D eigenvalue weighted by atomic mass is 16.6. The van der Waals surface area contributed by atoms with Crippen molar-refractivity contribution >= 4 is 35.4 Å². The summed E-state index contributed by atoms with van der Waals surface area (Å²) in [7, 11) is 0. The second-order valence-electron chi connectivity index (χ2n) is 7.09. The Bertz CT molecular complexity index is 1100. The third-order valence-electron chi connectivity index (χ3n) is 4.71. The molecule has 0 saturated carbocycles. The van der Waals surface area contributed by atoms with Gasteiger partial charge in [-0.1, -0.05) is 17.7 Å². The number of nitrogens with zero attached hydrogens (tertiary/aromatic N) is 6. The van der Waals surface area contributed by atoms with Gasteiger partial charge < -0.3 is 15.0 Å². The van der Waals surface area contributed by atoms with Gasteiger partial charge in [0.25, 0.3) is 5.69 Å². The van der Waals surface area contributed by atoms with Gasteiger partial charge in [0.05, 0.1) is 24.4 Å². The summed E-state index contributed by atoms with van der Waals surface area (Å²) in [4.78, 5) is 25.8. The maximum absolute atomic E-state index is 10.8. The first kappa shape index (κ1) is 21.1. The van der Waals surface area contributed by atoms with Gasteiger partial charge in [-0.15, -0.1) is 0 Å². The fourth-order valence-electron chi connectivity index (χ4n) is 2.99. The molecule has 2 N–H and O–H groups in total. The number of hydrazone groups is 1. The molecule has 0 spiro atoms. The summed E-state index contributed by atoms with van der Waals surface area (Å²) in [6.45, 7) is 4.59. The van der Waals surface area contributed by atoms with E-state index in [2.05, 4.69) is 30.8 Å². The number of hydrogen-bond acceptors (Lipinski definition) is 10. The lowest BCUT2D eigenvalue weighted by Gasteiger charge is -2.27. The average molecular weight is 434 g/mol. The van der Waals surface area contributed by atoms with E-state index >= 15 is 0 Å². The Morgan fingerprint density at radius 2 is 1.72 bits per heavy atom. The maximum atomic E-state index is 10.8. The van der Waals surface area contributed by atoms with Gasteiger partial charge in [-0.25, -0.2) is 5.43 Å². The van der Waals surface area contributed by atoms with Gasteiger partial charge in [0.1, 0.15) is 0 Å². The van der Waals surface area contributed by atoms with Crippen LogP contribution >= 0.6 is 0 Å². The Hall–Kier alpha value is -4.12. The van der Waals surface area contributed by atoms with E-state index in [0.29, 0.717) is 43.8 Å². The van der Waals surface area contributed by atoms with E-state index < -0.39 is 4.92 Å². The average Bonchev–Trinajstić information content (AvgIpc) is 2.81. The van der Waals surface area contributed by atoms with Crippen LogP contribution in [0.2, 0.25) is 0 Å². The predicted octanol–water partition coefficient (Wildman–Crippen LogP) is 3.11. The molecule has 0 unspecified atom stereocenters. The van der Waals surface area contributed by atoms with Crippen LogP contribution in [0, 0.1) is 17.0 Å². The molecule has 2 heterocycles. The zero-order chi connectivity index (χ0) is 22.3. The van der Waals surface area contributed by atoms with Crippen LogP contribution in [0.4, 0.5) is 29.2 Å². The smallest absolute Gasteiger partial charge is 0.269 e. The van der Waals surface area contributed by atoms with Crippen molar-refractivity contribution in [1.82, 2.24) is 15.0 Å². The lowest BCUT2D eigenvalue weighted by atomic mass is 10.2. The summed E-state index contributed by atoms with van der Waals surface area (Å²) < 4.78 is 5.42. The SMILES string of the molecule is Cc1ccc(Nc2nc(N/N=C/c3ccc([N+](=O)[O-])cc3)nc(N3CCOCC3)n2)cc1. The van der Waals surface area contributed by atoms with Crippen molar-refractivity contribution in [2.24, 2.45) is 5.10 Å². The van der Waals surface area contributed by atoms with Crippen LogP contribution in [0.5, 0.6) is 0 Å². The van der Waals surface area contributed by atoms with E-state index in [9.17, 15) is 10.1 Å². The molecule has 11 nitrogen and oxygen atoms in total. The minimum atomic E-state index is -0.445. The number of non-ortho nitro benzene ring substituents is 1. The van der Waals surface area contributed by atoms with Crippen molar-refractivity contribution in [3.8, 4) is 0 Å². The highest BCUT2D eigenvalue weighted by Gasteiger charge is 2.16. The fourth-order valence-corrected chi connectivity index (χ4v) is 2.99. The zero-order valence-electron chi connectivity index (χ0n) is 17.4. The largest absolute Gasteiger partial charge is 0.378 e. The van der Waals surface area contributed by atoms with Crippen molar-refractivity contribution in [1.29, 1.82) is 0 Å². The summed E-state index contributed by atoms with van der Waals surface area (Å²) in [5, 5.41) is 18.1. The van der Waals surface area contributed by atoms with Gasteiger partial charge >= 0.3 is 0 Å². The number of ether oxygens (including phenoxy) is 1. The van der Waals surface area contributed by atoms with Gasteiger partial charge in [-0.3, -0.25) is 10.1 Å². The number of nitro benzene ring substituents is 1. The number of hydrogen-bond donors (Lipinski definition) is 2. The number of morpholine rings is 1. The lowest BCUT2D eigenvalue weighted by Crippen LogP contribution is -2.37. The maximum Gasteiger partial charge on any atom is 0.269 e. The molecular formula is C21H22N8O3. The molecule has 0 atom stereocenters. The third-order valence-corrected chi connectivity index (χ3v) is 4.71. The van der Waals surface area contributed by atoms with Gasteiger partial charge in [-0.2, -0.15) is 20.1 Å². The molecule has 1 aromatic heterocycles. The van der Waals surface area contributed by atoms with Crippen LogP contribution in [0.1, 0.15) is 11.1 Å². The van der Waals surface area contributed by atoms with Crippen LogP contribution in [-0.2, 0) is 4.74 Å². The second-order valence-corrected chi connectivity index (χ2v) is 7.09. The van der Waals surface area contributed by atoms with E-state index in [1.54, 1.807) is 12.1 Å². The molecule has 3 aromatic rings. The van der Waals surface area contributed by atoms with Gasteiger partial charge in [-0.05, 0) is 36.8 Å². The summed E-state index contributed by atoms with van der Waals surface area (Å²) in [5.74, 6) is 1.18. The second kappa shape index (κ2) is 9.79. The molecule has 0 bridgehead atoms. The predicted molar refractivity (Wildman–Crippen MR) is 122 cm³/mol. The summed E-state index contributed by atoms with van der Waals surface area (Å²) >= 11 is 0. The molecule has 1 aliphatic heterocycles. The Morgan fingerprint density at radius 3 is 2.41 bits per heavy atom. The summed E-state index contributed by atoms with van der Waals surface area (Å²) in [6, 6.07) is 14.0. The molecule has 0 amide bonds. The van der Waals surface area contributed by atoms with Crippen molar-refractivity contribution in [3.05, 3.63) is 69.8 Å². The van der Waals surface area contributed by atoms with Crippen molar-refractivity contribution in [2.75, 3.05) is 41.9 Å². The standard InChI is InChI=1S/C21H22N8O3/c1-15-2-6-17(7-3-15)23-19-24-20(26-21(25-19)28-10-12-32-13-11-28)27-22-14-16-4-8-18(9-5-16)29(30)31/h2-9,14H,10-13H2,1H3,(H2,23,24,25,26,27)/b22-14+. The number of nitro groups is 1. The Labute approximate surface area is 184 Å². The van der Waals surface area contributed by atoms with Crippen molar-refractivity contribution < 1.29 is 9.66 Å². The minimum Gasteiger partial charge on any atom is -0.378 e. The van der Waals surface area contributed by atoms with E-state index in [-0.39, 0.29) is 11.6 Å².